The zero-order chi connectivity index (χ0) is 11.6. The zero-order valence-electron chi connectivity index (χ0n) is 9.91. The van der Waals surface area contributed by atoms with Crippen LogP contribution in [-0.2, 0) is 0 Å². The van der Waals surface area contributed by atoms with Crippen LogP contribution < -0.4 is 10.1 Å². The second kappa shape index (κ2) is 7.99. The number of ether oxygens (including phenoxy) is 1. The normalized spacial score (nSPS) is 10.1. The van der Waals surface area contributed by atoms with Crippen molar-refractivity contribution in [3.63, 3.8) is 0 Å². The molecule has 0 amide bonds. The number of benzene rings is 1. The van der Waals surface area contributed by atoms with E-state index < -0.39 is 0 Å². The highest BCUT2D eigenvalue weighted by atomic mass is 16.5. The Kier molecular flexibility index (Phi) is 6.42. The largest absolute Gasteiger partial charge is 0.494 e. The Morgan fingerprint density at radius 3 is 2.94 bits per heavy atom. The molecule has 1 aromatic rings. The van der Waals surface area contributed by atoms with E-state index in [1.165, 1.54) is 0 Å². The minimum atomic E-state index is 0.222. The molecule has 0 aliphatic carbocycles. The van der Waals surface area contributed by atoms with E-state index in [-0.39, 0.29) is 6.61 Å². The lowest BCUT2D eigenvalue weighted by Gasteiger charge is -2.09. The smallest absolute Gasteiger partial charge is 0.121 e. The fourth-order valence-corrected chi connectivity index (χ4v) is 1.34. The molecule has 0 fully saturated rings. The minimum Gasteiger partial charge on any atom is -0.494 e. The fraction of sp³-hybridized carbons (Fsp3) is 0.538. The summed E-state index contributed by atoms with van der Waals surface area (Å²) in [7, 11) is 0. The maximum atomic E-state index is 8.68. The van der Waals surface area contributed by atoms with Gasteiger partial charge in [-0.15, -0.1) is 0 Å². The van der Waals surface area contributed by atoms with E-state index in [1.54, 1.807) is 0 Å². The molecule has 16 heavy (non-hydrogen) atoms. The molecule has 0 aliphatic heterocycles. The van der Waals surface area contributed by atoms with Crippen LogP contribution in [0.4, 0.5) is 5.69 Å². The molecule has 2 N–H and O–H groups in total. The molecule has 0 atom stereocenters. The van der Waals surface area contributed by atoms with Crippen molar-refractivity contribution < 1.29 is 9.84 Å². The van der Waals surface area contributed by atoms with Crippen LogP contribution in [0, 0.1) is 0 Å². The molecule has 0 spiro atoms. The Morgan fingerprint density at radius 1 is 1.31 bits per heavy atom. The average molecular weight is 223 g/mol. The number of nitrogens with one attached hydrogen (secondary N) is 1. The number of anilines is 1. The molecule has 0 radical (unpaired) electrons. The Hall–Kier alpha value is -1.22. The lowest BCUT2D eigenvalue weighted by molar-refractivity contribution is 0.292. The van der Waals surface area contributed by atoms with E-state index in [0.29, 0.717) is 0 Å². The van der Waals surface area contributed by atoms with Crippen LogP contribution in [0.25, 0.3) is 0 Å². The van der Waals surface area contributed by atoms with Crippen molar-refractivity contribution in [2.45, 2.75) is 26.2 Å². The topological polar surface area (TPSA) is 41.5 Å². The standard InChI is InChI=1S/C13H21NO2/c1-2-3-10-16-13-7-4-6-12(11-13)14-8-5-9-15/h4,6-7,11,14-15H,2-3,5,8-10H2,1H3. The number of unbranched alkanes of at least 4 members (excludes halogenated alkanes) is 1. The van der Waals surface area contributed by atoms with Crippen LogP contribution in [0.5, 0.6) is 5.75 Å². The van der Waals surface area contributed by atoms with Gasteiger partial charge in [-0.05, 0) is 25.0 Å². The molecular weight excluding hydrogens is 202 g/mol. The van der Waals surface area contributed by atoms with E-state index in [2.05, 4.69) is 12.2 Å². The maximum absolute atomic E-state index is 8.68. The summed E-state index contributed by atoms with van der Waals surface area (Å²) < 4.78 is 5.60. The summed E-state index contributed by atoms with van der Waals surface area (Å²) in [5.41, 5.74) is 1.04. The van der Waals surface area contributed by atoms with Crippen molar-refractivity contribution in [1.29, 1.82) is 0 Å². The second-order valence-corrected chi connectivity index (χ2v) is 3.73. The first kappa shape index (κ1) is 12.8. The number of hydrogen-bond acceptors (Lipinski definition) is 3. The van der Waals surface area contributed by atoms with Gasteiger partial charge in [0.05, 0.1) is 6.61 Å². The molecule has 0 aromatic heterocycles. The number of aliphatic hydroxyl groups is 1. The molecule has 0 unspecified atom stereocenters. The van der Waals surface area contributed by atoms with Gasteiger partial charge in [0.25, 0.3) is 0 Å². The van der Waals surface area contributed by atoms with Crippen molar-refractivity contribution in [3.05, 3.63) is 24.3 Å². The highest BCUT2D eigenvalue weighted by molar-refractivity contribution is 5.48. The molecule has 0 saturated heterocycles. The molecule has 3 nitrogen and oxygen atoms in total. The zero-order valence-corrected chi connectivity index (χ0v) is 9.91. The van der Waals surface area contributed by atoms with Gasteiger partial charge in [0.15, 0.2) is 0 Å². The van der Waals surface area contributed by atoms with Gasteiger partial charge in [-0.1, -0.05) is 19.4 Å². The van der Waals surface area contributed by atoms with Crippen molar-refractivity contribution in [1.82, 2.24) is 0 Å². The van der Waals surface area contributed by atoms with Gasteiger partial charge >= 0.3 is 0 Å². The van der Waals surface area contributed by atoms with Gasteiger partial charge in [0.2, 0.25) is 0 Å². The van der Waals surface area contributed by atoms with Gasteiger partial charge < -0.3 is 15.2 Å². The van der Waals surface area contributed by atoms with Gasteiger partial charge in [-0.3, -0.25) is 0 Å². The molecule has 0 saturated carbocycles. The van der Waals surface area contributed by atoms with Crippen LogP contribution in [0.3, 0.4) is 0 Å². The summed E-state index contributed by atoms with van der Waals surface area (Å²) >= 11 is 0. The number of rotatable bonds is 8. The van der Waals surface area contributed by atoms with Crippen molar-refractivity contribution in [2.24, 2.45) is 0 Å². The first-order chi connectivity index (χ1) is 7.86. The molecule has 1 rings (SSSR count). The Balaban J connectivity index is 2.37. The Labute approximate surface area is 97.4 Å². The van der Waals surface area contributed by atoms with E-state index in [0.717, 1.165) is 43.9 Å². The molecule has 0 heterocycles. The molecule has 90 valence electrons. The van der Waals surface area contributed by atoms with Crippen LogP contribution in [0.15, 0.2) is 24.3 Å². The average Bonchev–Trinajstić information content (AvgIpc) is 2.30. The third-order valence-corrected chi connectivity index (χ3v) is 2.26. The van der Waals surface area contributed by atoms with Gasteiger partial charge in [-0.2, -0.15) is 0 Å². The molecule has 0 aliphatic rings. The predicted octanol–water partition coefficient (Wildman–Crippen LogP) is 2.66. The third-order valence-electron chi connectivity index (χ3n) is 2.26. The third kappa shape index (κ3) is 5.03. The quantitative estimate of drug-likeness (QED) is 0.666. The lowest BCUT2D eigenvalue weighted by atomic mass is 10.3. The number of aliphatic hydroxyl groups excluding tert-OH is 1. The van der Waals surface area contributed by atoms with Crippen LogP contribution in [0.2, 0.25) is 0 Å². The van der Waals surface area contributed by atoms with Gasteiger partial charge in [0, 0.05) is 24.9 Å². The summed E-state index contributed by atoms with van der Waals surface area (Å²) in [4.78, 5) is 0. The maximum Gasteiger partial charge on any atom is 0.121 e. The monoisotopic (exact) mass is 223 g/mol. The van der Waals surface area contributed by atoms with Gasteiger partial charge in [-0.25, -0.2) is 0 Å². The van der Waals surface area contributed by atoms with Crippen LogP contribution in [0.1, 0.15) is 26.2 Å². The van der Waals surface area contributed by atoms with E-state index in [1.807, 2.05) is 24.3 Å². The molecule has 0 bridgehead atoms. The fourth-order valence-electron chi connectivity index (χ4n) is 1.34. The summed E-state index contributed by atoms with van der Waals surface area (Å²) in [5.74, 6) is 0.905. The highest BCUT2D eigenvalue weighted by Gasteiger charge is 1.96. The minimum absolute atomic E-state index is 0.222. The summed E-state index contributed by atoms with van der Waals surface area (Å²) in [6.45, 7) is 3.93. The van der Waals surface area contributed by atoms with Crippen molar-refractivity contribution >= 4 is 5.69 Å². The SMILES string of the molecule is CCCCOc1cccc(NCCCO)c1. The van der Waals surface area contributed by atoms with E-state index >= 15 is 0 Å². The lowest BCUT2D eigenvalue weighted by Crippen LogP contribution is -2.03. The summed E-state index contributed by atoms with van der Waals surface area (Å²) in [5, 5.41) is 11.9. The Morgan fingerprint density at radius 2 is 2.19 bits per heavy atom. The number of hydrogen-bond donors (Lipinski definition) is 2. The summed E-state index contributed by atoms with van der Waals surface area (Å²) in [6, 6.07) is 7.94. The van der Waals surface area contributed by atoms with Crippen molar-refractivity contribution in [3.8, 4) is 5.75 Å². The van der Waals surface area contributed by atoms with Crippen LogP contribution in [-0.4, -0.2) is 24.9 Å². The first-order valence-corrected chi connectivity index (χ1v) is 5.94. The first-order valence-electron chi connectivity index (χ1n) is 5.94. The predicted molar refractivity (Wildman–Crippen MR) is 67.0 cm³/mol. The second-order valence-electron chi connectivity index (χ2n) is 3.73. The molecule has 1 aromatic carbocycles. The van der Waals surface area contributed by atoms with Gasteiger partial charge in [0.1, 0.15) is 5.75 Å². The van der Waals surface area contributed by atoms with E-state index in [4.69, 9.17) is 9.84 Å². The van der Waals surface area contributed by atoms with E-state index in [9.17, 15) is 0 Å². The summed E-state index contributed by atoms with van der Waals surface area (Å²) in [6.07, 6.45) is 3.00. The molecule has 3 heteroatoms. The Bertz CT molecular complexity index is 264. The van der Waals surface area contributed by atoms with Crippen LogP contribution >= 0.6 is 0 Å². The molecular formula is C13H21NO2. The highest BCUT2D eigenvalue weighted by Crippen LogP contribution is 2.17. The van der Waals surface area contributed by atoms with Crippen molar-refractivity contribution in [2.75, 3.05) is 25.1 Å².